The molecule has 0 saturated heterocycles. The molecule has 0 radical (unpaired) electrons. The molecule has 0 aromatic heterocycles. The average Bonchev–Trinajstić information content (AvgIpc) is 2.48. The molecule has 2 rings (SSSR count). The van der Waals surface area contributed by atoms with Crippen molar-refractivity contribution in [2.45, 2.75) is 57.7 Å². The normalized spacial score (nSPS) is 17.6. The highest BCUT2D eigenvalue weighted by Crippen LogP contribution is 2.34. The van der Waals surface area contributed by atoms with Gasteiger partial charge in [-0.3, -0.25) is 0 Å². The fourth-order valence-electron chi connectivity index (χ4n) is 2.62. The number of alkyl halides is 3. The molecule has 122 valence electrons. The monoisotopic (exact) mass is 333 g/mol. The maximum absolute atomic E-state index is 13.1. The highest BCUT2D eigenvalue weighted by Gasteiger charge is 2.34. The van der Waals surface area contributed by atoms with Gasteiger partial charge in [0.15, 0.2) is 0 Å². The first-order valence-electron chi connectivity index (χ1n) is 7.51. The van der Waals surface area contributed by atoms with Crippen molar-refractivity contribution < 1.29 is 18.0 Å². The molecule has 0 unspecified atom stereocenters. The van der Waals surface area contributed by atoms with Gasteiger partial charge in [-0.15, -0.1) is 0 Å². The summed E-state index contributed by atoms with van der Waals surface area (Å²) in [5, 5.41) is 4.26. The molecule has 2 nitrogen and oxygen atoms in total. The third kappa shape index (κ3) is 4.38. The summed E-state index contributed by atoms with van der Waals surface area (Å²) in [7, 11) is 0. The molecule has 22 heavy (non-hydrogen) atoms. The van der Waals surface area contributed by atoms with E-state index < -0.39 is 11.7 Å². The summed E-state index contributed by atoms with van der Waals surface area (Å²) in [5.74, 6) is 0. The summed E-state index contributed by atoms with van der Waals surface area (Å²) in [6.07, 6.45) is 1.04. The smallest absolute Gasteiger partial charge is 0.392 e. The van der Waals surface area contributed by atoms with Crippen LogP contribution in [0.1, 0.15) is 56.6 Å². The van der Waals surface area contributed by atoms with Crippen LogP contribution >= 0.6 is 11.6 Å². The Balaban J connectivity index is 2.27. The van der Waals surface area contributed by atoms with E-state index in [1.807, 2.05) is 0 Å². The summed E-state index contributed by atoms with van der Waals surface area (Å²) in [6.45, 7) is 1.75. The Kier molecular flexibility index (Phi) is 5.73. The average molecular weight is 334 g/mol. The van der Waals surface area contributed by atoms with Crippen molar-refractivity contribution in [2.24, 2.45) is 5.16 Å². The van der Waals surface area contributed by atoms with Crippen LogP contribution < -0.4 is 0 Å². The van der Waals surface area contributed by atoms with Crippen molar-refractivity contribution in [1.82, 2.24) is 0 Å². The third-order valence-electron chi connectivity index (χ3n) is 3.80. The minimum absolute atomic E-state index is 0.00157. The van der Waals surface area contributed by atoms with Gasteiger partial charge in [-0.2, -0.15) is 13.2 Å². The topological polar surface area (TPSA) is 21.6 Å². The van der Waals surface area contributed by atoms with Crippen LogP contribution in [0.2, 0.25) is 5.02 Å². The minimum Gasteiger partial charge on any atom is -0.392 e. The van der Waals surface area contributed by atoms with E-state index in [1.165, 1.54) is 18.6 Å². The molecular formula is C16H19ClF3NO. The van der Waals surface area contributed by atoms with Gasteiger partial charge in [0.05, 0.1) is 11.3 Å². The third-order valence-corrected chi connectivity index (χ3v) is 4.03. The highest BCUT2D eigenvalue weighted by atomic mass is 35.5. The van der Waals surface area contributed by atoms with Crippen LogP contribution in [0.4, 0.5) is 13.2 Å². The standard InChI is InChI=1S/C16H19ClF3NO/c1-2-15(21-22-12-6-4-3-5-7-12)13-10-11(17)8-9-14(13)16(18,19)20/h8-10,12H,2-7H2,1H3. The Hall–Kier alpha value is -1.23. The van der Waals surface area contributed by atoms with Crippen molar-refractivity contribution >= 4 is 17.3 Å². The number of rotatable bonds is 4. The molecule has 0 N–H and O–H groups in total. The number of benzene rings is 1. The molecule has 0 atom stereocenters. The predicted octanol–water partition coefficient (Wildman–Crippen LogP) is 5.82. The Morgan fingerprint density at radius 3 is 2.55 bits per heavy atom. The van der Waals surface area contributed by atoms with E-state index in [2.05, 4.69) is 5.16 Å². The summed E-state index contributed by atoms with van der Waals surface area (Å²) >= 11 is 5.85. The maximum Gasteiger partial charge on any atom is 0.417 e. The number of oxime groups is 1. The van der Waals surface area contributed by atoms with Crippen LogP contribution in [0.25, 0.3) is 0 Å². The summed E-state index contributed by atoms with van der Waals surface area (Å²) in [4.78, 5) is 5.48. The van der Waals surface area contributed by atoms with Crippen LogP contribution in [0.15, 0.2) is 23.4 Å². The van der Waals surface area contributed by atoms with Gasteiger partial charge in [0.2, 0.25) is 0 Å². The summed E-state index contributed by atoms with van der Waals surface area (Å²) in [5.41, 5.74) is -0.455. The lowest BCUT2D eigenvalue weighted by Gasteiger charge is -2.20. The maximum atomic E-state index is 13.1. The van der Waals surface area contributed by atoms with Crippen LogP contribution in [0.3, 0.4) is 0 Å². The van der Waals surface area contributed by atoms with E-state index in [4.69, 9.17) is 16.4 Å². The second kappa shape index (κ2) is 7.36. The summed E-state index contributed by atoms with van der Waals surface area (Å²) < 4.78 is 39.4. The van der Waals surface area contributed by atoms with Gasteiger partial charge in [0, 0.05) is 10.6 Å². The molecule has 1 aromatic rings. The van der Waals surface area contributed by atoms with E-state index >= 15 is 0 Å². The van der Waals surface area contributed by atoms with E-state index in [9.17, 15) is 13.2 Å². The molecular weight excluding hydrogens is 315 g/mol. The fraction of sp³-hybridized carbons (Fsp3) is 0.562. The number of hydrogen-bond donors (Lipinski definition) is 0. The van der Waals surface area contributed by atoms with E-state index in [0.717, 1.165) is 31.7 Å². The lowest BCUT2D eigenvalue weighted by molar-refractivity contribution is -0.137. The number of hydrogen-bond acceptors (Lipinski definition) is 2. The van der Waals surface area contributed by atoms with Crippen LogP contribution in [-0.4, -0.2) is 11.8 Å². The molecule has 6 heteroatoms. The zero-order chi connectivity index (χ0) is 16.2. The minimum atomic E-state index is -4.44. The van der Waals surface area contributed by atoms with Gasteiger partial charge in [-0.25, -0.2) is 0 Å². The molecule has 0 spiro atoms. The predicted molar refractivity (Wildman–Crippen MR) is 81.2 cm³/mol. The Morgan fingerprint density at radius 2 is 1.95 bits per heavy atom. The van der Waals surface area contributed by atoms with Gasteiger partial charge in [-0.1, -0.05) is 30.1 Å². The molecule has 1 aromatic carbocycles. The van der Waals surface area contributed by atoms with Gasteiger partial charge >= 0.3 is 6.18 Å². The lowest BCUT2D eigenvalue weighted by atomic mass is 9.98. The highest BCUT2D eigenvalue weighted by molar-refractivity contribution is 6.31. The van der Waals surface area contributed by atoms with E-state index in [-0.39, 0.29) is 22.4 Å². The summed E-state index contributed by atoms with van der Waals surface area (Å²) in [6, 6.07) is 3.53. The molecule has 0 bridgehead atoms. The number of halogens is 4. The quantitative estimate of drug-likeness (QED) is 0.502. The van der Waals surface area contributed by atoms with Crippen molar-refractivity contribution in [2.75, 3.05) is 0 Å². The molecule has 1 aliphatic rings. The zero-order valence-corrected chi connectivity index (χ0v) is 13.2. The molecule has 1 saturated carbocycles. The molecule has 0 amide bonds. The van der Waals surface area contributed by atoms with Crippen molar-refractivity contribution in [3.8, 4) is 0 Å². The van der Waals surface area contributed by atoms with E-state index in [1.54, 1.807) is 6.92 Å². The van der Waals surface area contributed by atoms with Crippen molar-refractivity contribution in [3.05, 3.63) is 34.3 Å². The first-order chi connectivity index (χ1) is 10.4. The van der Waals surface area contributed by atoms with Crippen molar-refractivity contribution in [1.29, 1.82) is 0 Å². The second-order valence-corrected chi connectivity index (χ2v) is 5.88. The van der Waals surface area contributed by atoms with E-state index in [0.29, 0.717) is 6.42 Å². The SMILES string of the molecule is CCC(=NOC1CCCCC1)c1cc(Cl)ccc1C(F)(F)F. The molecule has 0 aliphatic heterocycles. The lowest BCUT2D eigenvalue weighted by Crippen LogP contribution is -2.17. The number of nitrogens with zero attached hydrogens (tertiary/aromatic N) is 1. The zero-order valence-electron chi connectivity index (χ0n) is 12.4. The Morgan fingerprint density at radius 1 is 1.27 bits per heavy atom. The van der Waals surface area contributed by atoms with Crippen LogP contribution in [0, 0.1) is 0 Å². The van der Waals surface area contributed by atoms with Crippen molar-refractivity contribution in [3.63, 3.8) is 0 Å². The first kappa shape index (κ1) is 17.1. The fourth-order valence-corrected chi connectivity index (χ4v) is 2.79. The largest absolute Gasteiger partial charge is 0.417 e. The van der Waals surface area contributed by atoms with Gasteiger partial charge in [0.25, 0.3) is 0 Å². The van der Waals surface area contributed by atoms with Crippen LogP contribution in [-0.2, 0) is 11.0 Å². The van der Waals surface area contributed by atoms with Gasteiger partial charge < -0.3 is 4.84 Å². The molecule has 0 heterocycles. The van der Waals surface area contributed by atoms with Crippen LogP contribution in [0.5, 0.6) is 0 Å². The second-order valence-electron chi connectivity index (χ2n) is 5.44. The Bertz CT molecular complexity index is 537. The first-order valence-corrected chi connectivity index (χ1v) is 7.89. The molecule has 1 fully saturated rings. The Labute approximate surface area is 133 Å². The molecule has 1 aliphatic carbocycles. The van der Waals surface area contributed by atoms with Gasteiger partial charge in [0.1, 0.15) is 6.10 Å². The van der Waals surface area contributed by atoms with Gasteiger partial charge in [-0.05, 0) is 50.3 Å².